The van der Waals surface area contributed by atoms with E-state index in [-0.39, 0.29) is 5.91 Å². The first-order valence-electron chi connectivity index (χ1n) is 9.32. The summed E-state index contributed by atoms with van der Waals surface area (Å²) in [6, 6.07) is 12.0. The van der Waals surface area contributed by atoms with Crippen molar-refractivity contribution in [3.05, 3.63) is 70.9 Å². The van der Waals surface area contributed by atoms with Gasteiger partial charge in [-0.1, -0.05) is 41.7 Å². The lowest BCUT2D eigenvalue weighted by Gasteiger charge is -2.05. The van der Waals surface area contributed by atoms with Crippen molar-refractivity contribution >= 4 is 22.2 Å². The van der Waals surface area contributed by atoms with Crippen LogP contribution in [0.25, 0.3) is 16.2 Å². The number of hydrogen-bond donors (Lipinski definition) is 1. The molecule has 0 bridgehead atoms. The summed E-state index contributed by atoms with van der Waals surface area (Å²) in [6.45, 7) is 2.35. The molecule has 7 heteroatoms. The largest absolute Gasteiger partial charge is 0.346 e. The van der Waals surface area contributed by atoms with Crippen molar-refractivity contribution in [2.45, 2.75) is 32.2 Å². The van der Waals surface area contributed by atoms with Crippen molar-refractivity contribution in [1.82, 2.24) is 24.7 Å². The number of nitrogens with zero attached hydrogens (tertiary/aromatic N) is 4. The number of amides is 1. The molecule has 4 aromatic rings. The molecule has 1 amide bonds. The Morgan fingerprint density at radius 2 is 2.07 bits per heavy atom. The minimum atomic E-state index is -0.0964. The van der Waals surface area contributed by atoms with Crippen LogP contribution in [0.4, 0.5) is 0 Å². The lowest BCUT2D eigenvalue weighted by atomic mass is 10.2. The Kier molecular flexibility index (Phi) is 4.16. The van der Waals surface area contributed by atoms with E-state index >= 15 is 0 Å². The van der Waals surface area contributed by atoms with Crippen LogP contribution in [-0.2, 0) is 6.54 Å². The lowest BCUT2D eigenvalue weighted by molar-refractivity contribution is 0.0953. The van der Waals surface area contributed by atoms with Crippen molar-refractivity contribution < 1.29 is 4.79 Å². The summed E-state index contributed by atoms with van der Waals surface area (Å²) >= 11 is 1.41. The fraction of sp³-hybridized carbons (Fsp3) is 0.238. The maximum absolute atomic E-state index is 12.7. The number of benzene rings is 1. The highest BCUT2D eigenvalue weighted by Crippen LogP contribution is 2.38. The number of fused-ring (bicyclic) bond motifs is 1. The maximum atomic E-state index is 12.7. The van der Waals surface area contributed by atoms with E-state index in [0.717, 1.165) is 33.3 Å². The third-order valence-electron chi connectivity index (χ3n) is 5.00. The number of thiazole rings is 1. The SMILES string of the molecule is Cc1c(C(=O)NCc2cc(C3CC3)ncn2)sc2nc(-c3ccccc3)cn12. The number of nitrogens with one attached hydrogen (secondary N) is 1. The minimum Gasteiger partial charge on any atom is -0.346 e. The molecule has 1 N–H and O–H groups in total. The molecule has 1 saturated carbocycles. The van der Waals surface area contributed by atoms with Gasteiger partial charge in [0, 0.05) is 29.1 Å². The molecule has 0 atom stereocenters. The van der Waals surface area contributed by atoms with Crippen LogP contribution in [0.5, 0.6) is 0 Å². The summed E-state index contributed by atoms with van der Waals surface area (Å²) in [5, 5.41) is 2.98. The van der Waals surface area contributed by atoms with E-state index in [1.165, 1.54) is 24.2 Å². The molecule has 140 valence electrons. The smallest absolute Gasteiger partial charge is 0.263 e. The van der Waals surface area contributed by atoms with Crippen LogP contribution in [-0.4, -0.2) is 25.3 Å². The highest BCUT2D eigenvalue weighted by atomic mass is 32.1. The molecule has 6 nitrogen and oxygen atoms in total. The van der Waals surface area contributed by atoms with Gasteiger partial charge < -0.3 is 5.32 Å². The zero-order valence-corrected chi connectivity index (χ0v) is 16.2. The van der Waals surface area contributed by atoms with E-state index in [0.29, 0.717) is 17.3 Å². The van der Waals surface area contributed by atoms with Crippen LogP contribution >= 0.6 is 11.3 Å². The molecule has 0 unspecified atom stereocenters. The molecule has 1 aromatic carbocycles. The van der Waals surface area contributed by atoms with Gasteiger partial charge in [0.05, 0.1) is 17.9 Å². The van der Waals surface area contributed by atoms with E-state index in [9.17, 15) is 4.79 Å². The molecular weight excluding hydrogens is 370 g/mol. The summed E-state index contributed by atoms with van der Waals surface area (Å²) in [7, 11) is 0. The molecule has 1 aliphatic carbocycles. The second-order valence-electron chi connectivity index (χ2n) is 7.05. The molecule has 28 heavy (non-hydrogen) atoms. The fourth-order valence-corrected chi connectivity index (χ4v) is 4.30. The van der Waals surface area contributed by atoms with Crippen LogP contribution in [0.1, 0.15) is 45.5 Å². The van der Waals surface area contributed by atoms with Gasteiger partial charge >= 0.3 is 0 Å². The molecular formula is C21H19N5OS. The zero-order valence-electron chi connectivity index (χ0n) is 15.4. The first-order chi connectivity index (χ1) is 13.7. The normalized spacial score (nSPS) is 13.8. The second kappa shape index (κ2) is 6.83. The molecule has 1 aliphatic rings. The standard InChI is InChI=1S/C21H19N5OS/c1-13-19(20(27)22-10-16-9-17(15-7-8-15)24-12-23-16)28-21-25-18(11-26(13)21)14-5-3-2-4-6-14/h2-6,9,11-12,15H,7-8,10H2,1H3,(H,22,27). The van der Waals surface area contributed by atoms with Gasteiger partial charge in [0.1, 0.15) is 11.2 Å². The van der Waals surface area contributed by atoms with Crippen LogP contribution in [0.3, 0.4) is 0 Å². The van der Waals surface area contributed by atoms with E-state index < -0.39 is 0 Å². The van der Waals surface area contributed by atoms with Gasteiger partial charge in [-0.05, 0) is 25.8 Å². The molecule has 1 fully saturated rings. The summed E-state index contributed by atoms with van der Waals surface area (Å²) < 4.78 is 1.98. The van der Waals surface area contributed by atoms with Crippen LogP contribution in [0, 0.1) is 6.92 Å². The number of imidazole rings is 1. The third kappa shape index (κ3) is 3.18. The average molecular weight is 389 g/mol. The summed E-state index contributed by atoms with van der Waals surface area (Å²) in [6.07, 6.45) is 5.97. The number of carbonyl (C=O) groups is 1. The second-order valence-corrected chi connectivity index (χ2v) is 8.03. The van der Waals surface area contributed by atoms with E-state index in [1.54, 1.807) is 6.33 Å². The molecule has 3 aromatic heterocycles. The van der Waals surface area contributed by atoms with Gasteiger partial charge in [0.25, 0.3) is 5.91 Å². The Bertz CT molecular complexity index is 1160. The molecule has 0 saturated heterocycles. The van der Waals surface area contributed by atoms with Crippen LogP contribution in [0.15, 0.2) is 48.9 Å². The van der Waals surface area contributed by atoms with Crippen molar-refractivity contribution in [3.8, 4) is 11.3 Å². The number of rotatable bonds is 5. The van der Waals surface area contributed by atoms with Gasteiger partial charge in [0.2, 0.25) is 0 Å². The third-order valence-corrected chi connectivity index (χ3v) is 6.16. The summed E-state index contributed by atoms with van der Waals surface area (Å²) in [5.74, 6) is 0.476. The Morgan fingerprint density at radius 3 is 2.82 bits per heavy atom. The van der Waals surface area contributed by atoms with Crippen molar-refractivity contribution in [1.29, 1.82) is 0 Å². The molecule has 3 heterocycles. The summed E-state index contributed by atoms with van der Waals surface area (Å²) in [4.78, 5) is 27.5. The Morgan fingerprint density at radius 1 is 1.25 bits per heavy atom. The number of aryl methyl sites for hydroxylation is 1. The summed E-state index contributed by atoms with van der Waals surface area (Å²) in [5.41, 5.74) is 4.80. The molecule has 0 spiro atoms. The first kappa shape index (κ1) is 17.1. The van der Waals surface area contributed by atoms with Gasteiger partial charge in [-0.15, -0.1) is 0 Å². The number of carbonyl (C=O) groups excluding carboxylic acids is 1. The van der Waals surface area contributed by atoms with E-state index in [4.69, 9.17) is 0 Å². The molecule has 0 radical (unpaired) electrons. The van der Waals surface area contributed by atoms with Crippen molar-refractivity contribution in [2.75, 3.05) is 0 Å². The van der Waals surface area contributed by atoms with E-state index in [1.807, 2.05) is 53.9 Å². The Labute approximate surface area is 166 Å². The molecule has 0 aliphatic heterocycles. The Hall–Kier alpha value is -3.06. The predicted octanol–water partition coefficient (Wildman–Crippen LogP) is 3.97. The van der Waals surface area contributed by atoms with Crippen molar-refractivity contribution in [3.63, 3.8) is 0 Å². The Balaban J connectivity index is 1.34. The van der Waals surface area contributed by atoms with Crippen LogP contribution < -0.4 is 5.32 Å². The number of aromatic nitrogens is 4. The topological polar surface area (TPSA) is 72.2 Å². The maximum Gasteiger partial charge on any atom is 0.263 e. The van der Waals surface area contributed by atoms with Crippen molar-refractivity contribution in [2.24, 2.45) is 0 Å². The minimum absolute atomic E-state index is 0.0964. The lowest BCUT2D eigenvalue weighted by Crippen LogP contribution is -2.23. The monoisotopic (exact) mass is 389 g/mol. The van der Waals surface area contributed by atoms with Gasteiger partial charge in [-0.2, -0.15) is 0 Å². The number of hydrogen-bond acceptors (Lipinski definition) is 5. The predicted molar refractivity (Wildman–Crippen MR) is 108 cm³/mol. The quantitative estimate of drug-likeness (QED) is 0.561. The first-order valence-corrected chi connectivity index (χ1v) is 10.1. The average Bonchev–Trinajstić information content (AvgIpc) is 3.43. The molecule has 5 rings (SSSR count). The van der Waals surface area contributed by atoms with Crippen LogP contribution in [0.2, 0.25) is 0 Å². The zero-order chi connectivity index (χ0) is 19.1. The highest BCUT2D eigenvalue weighted by molar-refractivity contribution is 7.19. The fourth-order valence-electron chi connectivity index (χ4n) is 3.27. The van der Waals surface area contributed by atoms with Gasteiger partial charge in [-0.25, -0.2) is 15.0 Å². The highest BCUT2D eigenvalue weighted by Gasteiger charge is 2.25. The van der Waals surface area contributed by atoms with E-state index in [2.05, 4.69) is 20.3 Å². The van der Waals surface area contributed by atoms with Gasteiger partial charge in [0.15, 0.2) is 4.96 Å². The van der Waals surface area contributed by atoms with Gasteiger partial charge in [-0.3, -0.25) is 9.20 Å².